The molecule has 0 aromatic carbocycles. The van der Waals surface area contributed by atoms with Crippen LogP contribution < -0.4 is 0 Å². The van der Waals surface area contributed by atoms with Crippen LogP contribution in [-0.2, 0) is 16.0 Å². The van der Waals surface area contributed by atoms with Crippen molar-refractivity contribution in [2.45, 2.75) is 46.1 Å². The number of aryl methyl sites for hydroxylation is 1. The second-order valence-electron chi connectivity index (χ2n) is 5.36. The SMILES string of the molecule is CCOC(=O)[C@@H](C)N1CCC[C@H](Cc2noc(C)n2)C1. The van der Waals surface area contributed by atoms with E-state index in [4.69, 9.17) is 9.26 Å². The van der Waals surface area contributed by atoms with E-state index in [9.17, 15) is 4.79 Å². The lowest BCUT2D eigenvalue weighted by molar-refractivity contribution is -0.149. The van der Waals surface area contributed by atoms with Crippen molar-refractivity contribution < 1.29 is 14.1 Å². The summed E-state index contributed by atoms with van der Waals surface area (Å²) in [7, 11) is 0. The molecule has 2 heterocycles. The van der Waals surface area contributed by atoms with Crippen LogP contribution in [-0.4, -0.2) is 46.7 Å². The van der Waals surface area contributed by atoms with Crippen LogP contribution in [0.4, 0.5) is 0 Å². The van der Waals surface area contributed by atoms with Gasteiger partial charge in [0.15, 0.2) is 5.82 Å². The van der Waals surface area contributed by atoms with Crippen molar-refractivity contribution in [3.8, 4) is 0 Å². The fraction of sp³-hybridized carbons (Fsp3) is 0.786. The molecule has 1 aromatic heterocycles. The molecule has 2 rings (SSSR count). The minimum absolute atomic E-state index is 0.136. The highest BCUT2D eigenvalue weighted by molar-refractivity contribution is 5.75. The van der Waals surface area contributed by atoms with Gasteiger partial charge in [0, 0.05) is 19.9 Å². The summed E-state index contributed by atoms with van der Waals surface area (Å²) in [5, 5.41) is 3.95. The van der Waals surface area contributed by atoms with Gasteiger partial charge in [0.2, 0.25) is 5.89 Å². The molecule has 6 heteroatoms. The monoisotopic (exact) mass is 281 g/mol. The first-order valence-electron chi connectivity index (χ1n) is 7.30. The van der Waals surface area contributed by atoms with Crippen molar-refractivity contribution in [2.75, 3.05) is 19.7 Å². The van der Waals surface area contributed by atoms with Gasteiger partial charge >= 0.3 is 5.97 Å². The summed E-state index contributed by atoms with van der Waals surface area (Å²) in [5.41, 5.74) is 0. The number of carbonyl (C=O) groups excluding carboxylic acids is 1. The number of ether oxygens (including phenoxy) is 1. The van der Waals surface area contributed by atoms with Crippen LogP contribution in [0.5, 0.6) is 0 Å². The molecule has 112 valence electrons. The Bertz CT molecular complexity index is 447. The Morgan fingerprint density at radius 3 is 3.05 bits per heavy atom. The van der Waals surface area contributed by atoms with Gasteiger partial charge in [-0.05, 0) is 39.2 Å². The molecule has 0 unspecified atom stereocenters. The van der Waals surface area contributed by atoms with Crippen LogP contribution in [0.25, 0.3) is 0 Å². The Morgan fingerprint density at radius 2 is 2.40 bits per heavy atom. The van der Waals surface area contributed by atoms with E-state index in [2.05, 4.69) is 15.0 Å². The lowest BCUT2D eigenvalue weighted by Crippen LogP contribution is -2.46. The highest BCUT2D eigenvalue weighted by Crippen LogP contribution is 2.21. The van der Waals surface area contributed by atoms with Crippen molar-refractivity contribution in [1.29, 1.82) is 0 Å². The predicted octanol–water partition coefficient (Wildman–Crippen LogP) is 1.58. The Hall–Kier alpha value is -1.43. The molecular weight excluding hydrogens is 258 g/mol. The van der Waals surface area contributed by atoms with Gasteiger partial charge in [-0.2, -0.15) is 4.98 Å². The molecule has 1 aromatic rings. The molecule has 0 radical (unpaired) electrons. The van der Waals surface area contributed by atoms with E-state index >= 15 is 0 Å². The smallest absolute Gasteiger partial charge is 0.323 e. The minimum Gasteiger partial charge on any atom is -0.465 e. The number of hydrogen-bond acceptors (Lipinski definition) is 6. The number of rotatable bonds is 5. The van der Waals surface area contributed by atoms with E-state index < -0.39 is 0 Å². The van der Waals surface area contributed by atoms with Gasteiger partial charge in [0.25, 0.3) is 0 Å². The molecule has 1 aliphatic rings. The molecule has 6 nitrogen and oxygen atoms in total. The summed E-state index contributed by atoms with van der Waals surface area (Å²) < 4.78 is 10.1. The van der Waals surface area contributed by atoms with E-state index in [1.54, 1.807) is 6.92 Å². The van der Waals surface area contributed by atoms with Gasteiger partial charge in [-0.15, -0.1) is 0 Å². The first-order valence-corrected chi connectivity index (χ1v) is 7.30. The van der Waals surface area contributed by atoms with Crippen LogP contribution in [0.15, 0.2) is 4.52 Å². The Morgan fingerprint density at radius 1 is 1.60 bits per heavy atom. The first kappa shape index (κ1) is 15.0. The number of hydrogen-bond donors (Lipinski definition) is 0. The van der Waals surface area contributed by atoms with Gasteiger partial charge in [-0.25, -0.2) is 0 Å². The number of aromatic nitrogens is 2. The van der Waals surface area contributed by atoms with E-state index in [1.165, 1.54) is 0 Å². The largest absolute Gasteiger partial charge is 0.465 e. The summed E-state index contributed by atoms with van der Waals surface area (Å²) in [6.45, 7) is 7.81. The Labute approximate surface area is 119 Å². The van der Waals surface area contributed by atoms with Crippen LogP contribution in [0.2, 0.25) is 0 Å². The second-order valence-corrected chi connectivity index (χ2v) is 5.36. The second kappa shape index (κ2) is 6.83. The number of piperidine rings is 1. The van der Waals surface area contributed by atoms with Gasteiger partial charge < -0.3 is 9.26 Å². The van der Waals surface area contributed by atoms with Crippen LogP contribution in [0, 0.1) is 12.8 Å². The van der Waals surface area contributed by atoms with Crippen LogP contribution in [0.1, 0.15) is 38.4 Å². The lowest BCUT2D eigenvalue weighted by Gasteiger charge is -2.35. The van der Waals surface area contributed by atoms with Crippen molar-refractivity contribution in [2.24, 2.45) is 5.92 Å². The number of esters is 1. The maximum absolute atomic E-state index is 11.8. The third-order valence-electron chi connectivity index (χ3n) is 3.77. The quantitative estimate of drug-likeness (QED) is 0.763. The first-order chi connectivity index (χ1) is 9.60. The molecule has 2 atom stereocenters. The van der Waals surface area contributed by atoms with Crippen molar-refractivity contribution in [1.82, 2.24) is 15.0 Å². The summed E-state index contributed by atoms with van der Waals surface area (Å²) >= 11 is 0. The van der Waals surface area contributed by atoms with Gasteiger partial charge in [-0.3, -0.25) is 9.69 Å². The van der Waals surface area contributed by atoms with Crippen LogP contribution in [0.3, 0.4) is 0 Å². The molecule has 20 heavy (non-hydrogen) atoms. The van der Waals surface area contributed by atoms with Crippen molar-refractivity contribution >= 4 is 5.97 Å². The molecule has 0 saturated carbocycles. The lowest BCUT2D eigenvalue weighted by atomic mass is 9.93. The highest BCUT2D eigenvalue weighted by atomic mass is 16.5. The molecule has 0 amide bonds. The fourth-order valence-corrected chi connectivity index (χ4v) is 2.71. The number of nitrogens with zero attached hydrogens (tertiary/aromatic N) is 3. The topological polar surface area (TPSA) is 68.5 Å². The summed E-state index contributed by atoms with van der Waals surface area (Å²) in [6.07, 6.45) is 3.04. The molecule has 1 saturated heterocycles. The molecule has 0 spiro atoms. The van der Waals surface area contributed by atoms with Crippen LogP contribution >= 0.6 is 0 Å². The average Bonchev–Trinajstić information content (AvgIpc) is 2.84. The zero-order valence-electron chi connectivity index (χ0n) is 12.5. The Balaban J connectivity index is 1.89. The number of carbonyl (C=O) groups is 1. The highest BCUT2D eigenvalue weighted by Gasteiger charge is 2.28. The zero-order valence-corrected chi connectivity index (χ0v) is 12.5. The third-order valence-corrected chi connectivity index (χ3v) is 3.77. The molecule has 0 bridgehead atoms. The average molecular weight is 281 g/mol. The predicted molar refractivity (Wildman–Crippen MR) is 73.1 cm³/mol. The van der Waals surface area contributed by atoms with E-state index in [0.29, 0.717) is 18.4 Å². The molecule has 0 aliphatic carbocycles. The fourth-order valence-electron chi connectivity index (χ4n) is 2.71. The molecular formula is C14H23N3O3. The van der Waals surface area contributed by atoms with Gasteiger partial charge in [0.05, 0.1) is 6.61 Å². The normalized spacial score (nSPS) is 21.6. The van der Waals surface area contributed by atoms with Gasteiger partial charge in [0.1, 0.15) is 6.04 Å². The zero-order chi connectivity index (χ0) is 14.5. The van der Waals surface area contributed by atoms with Crippen molar-refractivity contribution in [3.63, 3.8) is 0 Å². The molecule has 0 N–H and O–H groups in total. The third kappa shape index (κ3) is 3.79. The van der Waals surface area contributed by atoms with Gasteiger partial charge in [-0.1, -0.05) is 5.16 Å². The summed E-state index contributed by atoms with van der Waals surface area (Å²) in [4.78, 5) is 18.3. The van der Waals surface area contributed by atoms with E-state index in [0.717, 1.165) is 38.2 Å². The number of likely N-dealkylation sites (tertiary alicyclic amines) is 1. The molecule has 1 aliphatic heterocycles. The van der Waals surface area contributed by atoms with Crippen molar-refractivity contribution in [3.05, 3.63) is 11.7 Å². The standard InChI is InChI=1S/C14H23N3O3/c1-4-19-14(18)10(2)17-7-5-6-12(9-17)8-13-15-11(3)20-16-13/h10,12H,4-9H2,1-3H3/t10-,12-/m1/s1. The maximum Gasteiger partial charge on any atom is 0.323 e. The maximum atomic E-state index is 11.8. The minimum atomic E-state index is -0.176. The molecule has 1 fully saturated rings. The summed E-state index contributed by atoms with van der Waals surface area (Å²) in [6, 6.07) is -0.176. The summed E-state index contributed by atoms with van der Waals surface area (Å²) in [5.74, 6) is 1.70. The Kier molecular flexibility index (Phi) is 5.11. The van der Waals surface area contributed by atoms with E-state index in [-0.39, 0.29) is 12.0 Å². The van der Waals surface area contributed by atoms with E-state index in [1.807, 2.05) is 13.8 Å².